The second-order valence-corrected chi connectivity index (χ2v) is 6.76. The second kappa shape index (κ2) is 7.09. The van der Waals surface area contributed by atoms with Crippen molar-refractivity contribution in [2.75, 3.05) is 19.4 Å². The Morgan fingerprint density at radius 1 is 1.22 bits per heavy atom. The van der Waals surface area contributed by atoms with Crippen LogP contribution in [0.1, 0.15) is 18.4 Å². The minimum absolute atomic E-state index is 0.0242. The molecule has 0 unspecified atom stereocenters. The lowest BCUT2D eigenvalue weighted by molar-refractivity contribution is 0.287. The summed E-state index contributed by atoms with van der Waals surface area (Å²) in [6.45, 7) is 0.356. The third kappa shape index (κ3) is 4.94. The molecule has 1 N–H and O–H groups in total. The van der Waals surface area contributed by atoms with E-state index in [4.69, 9.17) is 16.7 Å². The van der Waals surface area contributed by atoms with Crippen LogP contribution in [0.3, 0.4) is 0 Å². The Balaban J connectivity index is 2.58. The van der Waals surface area contributed by atoms with Gasteiger partial charge in [-0.25, -0.2) is 12.7 Å². The molecule has 1 aromatic rings. The minimum Gasteiger partial charge on any atom is -0.396 e. The highest BCUT2D eigenvalue weighted by atomic mass is 35.5. The summed E-state index contributed by atoms with van der Waals surface area (Å²) in [6.07, 6.45) is 0.984. The van der Waals surface area contributed by atoms with E-state index in [1.54, 1.807) is 19.2 Å². The van der Waals surface area contributed by atoms with Gasteiger partial charge in [0.15, 0.2) is 0 Å². The van der Waals surface area contributed by atoms with Gasteiger partial charge in [-0.2, -0.15) is 0 Å². The number of rotatable bonds is 7. The molecule has 0 spiro atoms. The molecule has 0 aliphatic carbocycles. The van der Waals surface area contributed by atoms with Crippen LogP contribution in [-0.2, 0) is 16.6 Å². The number of sulfonamides is 1. The van der Waals surface area contributed by atoms with Gasteiger partial charge in [-0.3, -0.25) is 0 Å². The first-order valence-corrected chi connectivity index (χ1v) is 7.74. The molecule has 0 saturated carbocycles. The first kappa shape index (κ1) is 15.4. The summed E-state index contributed by atoms with van der Waals surface area (Å²) in [5.41, 5.74) is 0.896. The van der Waals surface area contributed by atoms with Gasteiger partial charge >= 0.3 is 0 Å². The average Bonchev–Trinajstić information content (AvgIpc) is 2.32. The van der Waals surface area contributed by atoms with Gasteiger partial charge in [-0.15, -0.1) is 0 Å². The molecule has 4 nitrogen and oxygen atoms in total. The van der Waals surface area contributed by atoms with E-state index in [0.717, 1.165) is 5.56 Å². The smallest absolute Gasteiger partial charge is 0.214 e. The number of hydrogen-bond acceptors (Lipinski definition) is 3. The van der Waals surface area contributed by atoms with Crippen molar-refractivity contribution in [3.8, 4) is 0 Å². The largest absolute Gasteiger partial charge is 0.396 e. The molecule has 0 radical (unpaired) electrons. The van der Waals surface area contributed by atoms with Gasteiger partial charge in [0.05, 0.1) is 5.75 Å². The molecule has 18 heavy (non-hydrogen) atoms. The maximum Gasteiger partial charge on any atom is 0.214 e. The Labute approximate surface area is 113 Å². The van der Waals surface area contributed by atoms with Crippen LogP contribution in [0.5, 0.6) is 0 Å². The number of halogens is 1. The number of aliphatic hydroxyl groups excluding tert-OH is 1. The molecule has 0 saturated heterocycles. The molecule has 1 aromatic carbocycles. The topological polar surface area (TPSA) is 57.6 Å². The van der Waals surface area contributed by atoms with E-state index in [2.05, 4.69) is 0 Å². The van der Waals surface area contributed by atoms with Crippen molar-refractivity contribution in [2.45, 2.75) is 19.4 Å². The molecule has 0 aliphatic heterocycles. The van der Waals surface area contributed by atoms with Gasteiger partial charge in [-0.05, 0) is 30.5 Å². The summed E-state index contributed by atoms with van der Waals surface area (Å²) in [7, 11) is -1.69. The average molecular weight is 292 g/mol. The van der Waals surface area contributed by atoms with Crippen molar-refractivity contribution in [1.82, 2.24) is 4.31 Å². The van der Waals surface area contributed by atoms with E-state index < -0.39 is 10.0 Å². The molecular formula is C12H18ClNO3S. The van der Waals surface area contributed by atoms with Crippen molar-refractivity contribution in [1.29, 1.82) is 0 Å². The highest BCUT2D eigenvalue weighted by Gasteiger charge is 2.17. The van der Waals surface area contributed by atoms with E-state index in [9.17, 15) is 8.42 Å². The molecule has 102 valence electrons. The van der Waals surface area contributed by atoms with E-state index in [1.165, 1.54) is 4.31 Å². The van der Waals surface area contributed by atoms with Crippen LogP contribution in [0.25, 0.3) is 0 Å². The van der Waals surface area contributed by atoms with Crippen LogP contribution < -0.4 is 0 Å². The van der Waals surface area contributed by atoms with Crippen molar-refractivity contribution < 1.29 is 13.5 Å². The van der Waals surface area contributed by atoms with E-state index in [1.807, 2.05) is 12.1 Å². The molecule has 0 heterocycles. The highest BCUT2D eigenvalue weighted by Crippen LogP contribution is 2.13. The van der Waals surface area contributed by atoms with Crippen LogP contribution in [0, 0.1) is 0 Å². The maximum atomic E-state index is 11.9. The molecular weight excluding hydrogens is 274 g/mol. The Bertz CT molecular complexity index is 459. The third-order valence-corrected chi connectivity index (χ3v) is 4.74. The third-order valence-electron chi connectivity index (χ3n) is 2.60. The Morgan fingerprint density at radius 3 is 2.39 bits per heavy atom. The quantitative estimate of drug-likeness (QED) is 0.780. The number of nitrogens with zero attached hydrogens (tertiary/aromatic N) is 1. The molecule has 6 heteroatoms. The summed E-state index contributed by atoms with van der Waals surface area (Å²) < 4.78 is 25.1. The molecule has 0 aromatic heterocycles. The number of aliphatic hydroxyl groups is 1. The standard InChI is InChI=1S/C12H18ClNO3S/c1-14(18(16,17)9-3-2-8-15)10-11-4-6-12(13)7-5-11/h4-7,15H,2-3,8-10H2,1H3. The molecule has 0 atom stereocenters. The molecule has 0 bridgehead atoms. The number of hydrogen-bond donors (Lipinski definition) is 1. The predicted molar refractivity (Wildman–Crippen MR) is 73.0 cm³/mol. The Hall–Kier alpha value is -0.620. The molecule has 0 aliphatic rings. The van der Waals surface area contributed by atoms with E-state index in [-0.39, 0.29) is 12.4 Å². The lowest BCUT2D eigenvalue weighted by Crippen LogP contribution is -2.28. The summed E-state index contributed by atoms with van der Waals surface area (Å²) in [6, 6.07) is 7.09. The molecule has 0 amide bonds. The van der Waals surface area contributed by atoms with Gasteiger partial charge in [-0.1, -0.05) is 23.7 Å². The lowest BCUT2D eigenvalue weighted by Gasteiger charge is -2.17. The van der Waals surface area contributed by atoms with Crippen molar-refractivity contribution in [3.05, 3.63) is 34.9 Å². The van der Waals surface area contributed by atoms with Crippen molar-refractivity contribution >= 4 is 21.6 Å². The Morgan fingerprint density at radius 2 is 1.83 bits per heavy atom. The number of unbranched alkanes of at least 4 members (excludes halogenated alkanes) is 1. The summed E-state index contributed by atoms with van der Waals surface area (Å²) in [5, 5.41) is 9.27. The van der Waals surface area contributed by atoms with Crippen LogP contribution in [0.15, 0.2) is 24.3 Å². The van der Waals surface area contributed by atoms with E-state index >= 15 is 0 Å². The molecule has 1 rings (SSSR count). The molecule has 0 fully saturated rings. The fraction of sp³-hybridized carbons (Fsp3) is 0.500. The zero-order chi connectivity index (χ0) is 13.6. The van der Waals surface area contributed by atoms with Gasteiger partial charge < -0.3 is 5.11 Å². The Kier molecular flexibility index (Phi) is 6.08. The van der Waals surface area contributed by atoms with Gasteiger partial charge in [0.25, 0.3) is 0 Å². The van der Waals surface area contributed by atoms with Gasteiger partial charge in [0.2, 0.25) is 10.0 Å². The van der Waals surface area contributed by atoms with Crippen LogP contribution >= 0.6 is 11.6 Å². The predicted octanol–water partition coefficient (Wildman–Crippen LogP) is 1.87. The second-order valence-electron chi connectivity index (χ2n) is 4.13. The van der Waals surface area contributed by atoms with Gasteiger partial charge in [0.1, 0.15) is 0 Å². The van der Waals surface area contributed by atoms with Crippen molar-refractivity contribution in [2.24, 2.45) is 0 Å². The van der Waals surface area contributed by atoms with Crippen molar-refractivity contribution in [3.63, 3.8) is 0 Å². The maximum absolute atomic E-state index is 11.9. The fourth-order valence-corrected chi connectivity index (χ4v) is 2.85. The summed E-state index contributed by atoms with van der Waals surface area (Å²) in [5.74, 6) is 0.0671. The zero-order valence-electron chi connectivity index (χ0n) is 10.3. The van der Waals surface area contributed by atoms with Crippen LogP contribution in [0.2, 0.25) is 5.02 Å². The van der Waals surface area contributed by atoms with E-state index in [0.29, 0.717) is 24.4 Å². The first-order chi connectivity index (χ1) is 8.45. The number of benzene rings is 1. The van der Waals surface area contributed by atoms with Crippen LogP contribution in [0.4, 0.5) is 0 Å². The summed E-state index contributed by atoms with van der Waals surface area (Å²) >= 11 is 5.77. The van der Waals surface area contributed by atoms with Gasteiger partial charge in [0, 0.05) is 25.2 Å². The van der Waals surface area contributed by atoms with Crippen LogP contribution in [-0.4, -0.2) is 37.2 Å². The highest BCUT2D eigenvalue weighted by molar-refractivity contribution is 7.89. The fourth-order valence-electron chi connectivity index (χ4n) is 1.50. The first-order valence-electron chi connectivity index (χ1n) is 5.75. The monoisotopic (exact) mass is 291 g/mol. The normalized spacial score (nSPS) is 12.0. The SMILES string of the molecule is CN(Cc1ccc(Cl)cc1)S(=O)(=O)CCCCO. The lowest BCUT2D eigenvalue weighted by atomic mass is 10.2. The zero-order valence-corrected chi connectivity index (χ0v) is 11.9. The summed E-state index contributed by atoms with van der Waals surface area (Å²) in [4.78, 5) is 0. The minimum atomic E-state index is -3.25.